The highest BCUT2D eigenvalue weighted by atomic mass is 79.9. The van der Waals surface area contributed by atoms with Crippen LogP contribution in [0.2, 0.25) is 0 Å². The third-order valence-electron chi connectivity index (χ3n) is 2.92. The zero-order valence-electron chi connectivity index (χ0n) is 11.0. The predicted octanol–water partition coefficient (Wildman–Crippen LogP) is 8.28. The number of hydrogen-bond acceptors (Lipinski definition) is 3. The smallest absolute Gasteiger partial charge is 0.0617 e. The molecule has 0 atom stereocenters. The molecule has 0 saturated carbocycles. The van der Waals surface area contributed by atoms with Gasteiger partial charge in [-0.2, -0.15) is 0 Å². The van der Waals surface area contributed by atoms with Crippen LogP contribution in [0.4, 0.5) is 0 Å². The van der Waals surface area contributed by atoms with Crippen molar-refractivity contribution in [2.45, 2.75) is 26.2 Å². The SMILES string of the molecule is CC(C)(C)c1sc2c(Br)c(-c3sccc3Br)sc2c1Br. The Bertz CT molecular complexity index is 787. The number of fused-ring (bicyclic) bond motifs is 1. The Morgan fingerprint density at radius 3 is 2.05 bits per heavy atom. The molecule has 0 saturated heterocycles. The lowest BCUT2D eigenvalue weighted by Gasteiger charge is -2.16. The molecule has 0 fully saturated rings. The summed E-state index contributed by atoms with van der Waals surface area (Å²) < 4.78 is 6.35. The van der Waals surface area contributed by atoms with Gasteiger partial charge >= 0.3 is 0 Å². The van der Waals surface area contributed by atoms with Crippen LogP contribution >= 0.6 is 81.8 Å². The molecule has 0 unspecified atom stereocenters. The minimum Gasteiger partial charge on any atom is -0.142 e. The number of rotatable bonds is 1. The first-order valence-corrected chi connectivity index (χ1v) is 10.8. The lowest BCUT2D eigenvalue weighted by atomic mass is 9.95. The van der Waals surface area contributed by atoms with Crippen LogP contribution in [0.3, 0.4) is 0 Å². The van der Waals surface area contributed by atoms with Gasteiger partial charge in [-0.25, -0.2) is 0 Å². The first-order chi connectivity index (χ1) is 9.30. The molecule has 3 aromatic heterocycles. The fourth-order valence-electron chi connectivity index (χ4n) is 1.97. The minimum absolute atomic E-state index is 0.172. The highest BCUT2D eigenvalue weighted by molar-refractivity contribution is 9.11. The second-order valence-corrected chi connectivity index (χ2v) is 10.9. The summed E-state index contributed by atoms with van der Waals surface area (Å²) in [4.78, 5) is 4.03. The van der Waals surface area contributed by atoms with Crippen LogP contribution in [-0.2, 0) is 5.41 Å². The molecule has 0 spiro atoms. The number of halogens is 3. The highest BCUT2D eigenvalue weighted by Gasteiger charge is 2.26. The summed E-state index contributed by atoms with van der Waals surface area (Å²) in [6, 6.07) is 2.11. The Morgan fingerprint density at radius 2 is 1.55 bits per heavy atom. The van der Waals surface area contributed by atoms with E-state index in [2.05, 4.69) is 80.0 Å². The predicted molar refractivity (Wildman–Crippen MR) is 105 cm³/mol. The maximum atomic E-state index is 3.81. The molecular formula is C14H11Br3S3. The van der Waals surface area contributed by atoms with Gasteiger partial charge in [0.25, 0.3) is 0 Å². The van der Waals surface area contributed by atoms with Crippen molar-refractivity contribution in [2.24, 2.45) is 0 Å². The monoisotopic (exact) mass is 512 g/mol. The summed E-state index contributed by atoms with van der Waals surface area (Å²) in [6.07, 6.45) is 0. The normalized spacial score (nSPS) is 12.5. The molecule has 0 aliphatic carbocycles. The van der Waals surface area contributed by atoms with Gasteiger partial charge in [0.15, 0.2) is 0 Å². The van der Waals surface area contributed by atoms with E-state index in [1.165, 1.54) is 37.4 Å². The molecule has 3 heterocycles. The van der Waals surface area contributed by atoms with Crippen LogP contribution < -0.4 is 0 Å². The van der Waals surface area contributed by atoms with Gasteiger partial charge in [0, 0.05) is 13.8 Å². The second-order valence-electron chi connectivity index (χ2n) is 5.50. The van der Waals surface area contributed by atoms with E-state index in [1.807, 2.05) is 22.7 Å². The Hall–Kier alpha value is 0.800. The maximum absolute atomic E-state index is 3.81. The summed E-state index contributed by atoms with van der Waals surface area (Å²) in [5.74, 6) is 0. The van der Waals surface area contributed by atoms with Crippen LogP contribution in [0.5, 0.6) is 0 Å². The van der Waals surface area contributed by atoms with E-state index in [-0.39, 0.29) is 5.41 Å². The summed E-state index contributed by atoms with van der Waals surface area (Å²) >= 11 is 16.8. The Morgan fingerprint density at radius 1 is 0.900 bits per heavy atom. The van der Waals surface area contributed by atoms with Crippen LogP contribution in [0.25, 0.3) is 19.2 Å². The molecule has 3 aromatic rings. The van der Waals surface area contributed by atoms with Crippen LogP contribution in [0.1, 0.15) is 25.6 Å². The summed E-state index contributed by atoms with van der Waals surface area (Å²) in [5.41, 5.74) is 0.172. The van der Waals surface area contributed by atoms with Crippen molar-refractivity contribution in [2.75, 3.05) is 0 Å². The lowest BCUT2D eigenvalue weighted by molar-refractivity contribution is 0.602. The van der Waals surface area contributed by atoms with E-state index < -0.39 is 0 Å². The van der Waals surface area contributed by atoms with Crippen molar-refractivity contribution >= 4 is 91.2 Å². The van der Waals surface area contributed by atoms with Gasteiger partial charge in [0.1, 0.15) is 0 Å². The second kappa shape index (κ2) is 5.46. The molecule has 6 heteroatoms. The van der Waals surface area contributed by atoms with E-state index in [0.717, 1.165) is 0 Å². The van der Waals surface area contributed by atoms with Gasteiger partial charge in [0.05, 0.1) is 23.6 Å². The van der Waals surface area contributed by atoms with E-state index in [9.17, 15) is 0 Å². The molecule has 3 rings (SSSR count). The summed E-state index contributed by atoms with van der Waals surface area (Å²) in [5, 5.41) is 2.12. The highest BCUT2D eigenvalue weighted by Crippen LogP contribution is 2.53. The summed E-state index contributed by atoms with van der Waals surface area (Å²) in [7, 11) is 0. The number of hydrogen-bond donors (Lipinski definition) is 0. The molecule has 0 aliphatic rings. The zero-order valence-corrected chi connectivity index (χ0v) is 18.2. The Kier molecular flexibility index (Phi) is 4.28. The van der Waals surface area contributed by atoms with E-state index >= 15 is 0 Å². The standard InChI is InChI=1S/C14H11Br3S3/c1-14(2,3)13-8(17)12-11(20-13)7(16)10(19-12)9-6(15)4-5-18-9/h4-5H,1-3H3. The van der Waals surface area contributed by atoms with Crippen molar-refractivity contribution in [3.05, 3.63) is 29.7 Å². The Labute approximate surface area is 155 Å². The van der Waals surface area contributed by atoms with Crippen molar-refractivity contribution in [3.8, 4) is 9.75 Å². The molecule has 0 nitrogen and oxygen atoms in total. The number of thiophene rings is 3. The quantitative estimate of drug-likeness (QED) is 0.306. The van der Waals surface area contributed by atoms with Crippen molar-refractivity contribution in [1.29, 1.82) is 0 Å². The average Bonchev–Trinajstić information content (AvgIpc) is 2.97. The molecule has 0 aliphatic heterocycles. The minimum atomic E-state index is 0.172. The van der Waals surface area contributed by atoms with Gasteiger partial charge in [-0.05, 0) is 64.7 Å². The fourth-order valence-corrected chi connectivity index (χ4v) is 8.89. The molecule has 0 N–H and O–H groups in total. The van der Waals surface area contributed by atoms with Crippen molar-refractivity contribution in [3.63, 3.8) is 0 Å². The van der Waals surface area contributed by atoms with E-state index in [0.29, 0.717) is 0 Å². The van der Waals surface area contributed by atoms with Crippen molar-refractivity contribution in [1.82, 2.24) is 0 Å². The van der Waals surface area contributed by atoms with Crippen LogP contribution in [-0.4, -0.2) is 0 Å². The van der Waals surface area contributed by atoms with Crippen LogP contribution in [0.15, 0.2) is 24.9 Å². The van der Waals surface area contributed by atoms with E-state index in [4.69, 9.17) is 0 Å². The topological polar surface area (TPSA) is 0 Å². The third kappa shape index (κ3) is 2.50. The first kappa shape index (κ1) is 15.7. The van der Waals surface area contributed by atoms with E-state index in [1.54, 1.807) is 11.3 Å². The molecule has 106 valence electrons. The van der Waals surface area contributed by atoms with Gasteiger partial charge in [-0.3, -0.25) is 0 Å². The molecule has 0 bridgehead atoms. The maximum Gasteiger partial charge on any atom is 0.0617 e. The van der Waals surface area contributed by atoms with Gasteiger partial charge < -0.3 is 0 Å². The summed E-state index contributed by atoms with van der Waals surface area (Å²) in [6.45, 7) is 6.79. The third-order valence-corrected chi connectivity index (χ3v) is 10.5. The fraction of sp³-hybridized carbons (Fsp3) is 0.286. The molecule has 0 amide bonds. The van der Waals surface area contributed by atoms with Gasteiger partial charge in [0.2, 0.25) is 0 Å². The molecule has 0 radical (unpaired) electrons. The van der Waals surface area contributed by atoms with Crippen molar-refractivity contribution < 1.29 is 0 Å². The van der Waals surface area contributed by atoms with Crippen LogP contribution in [0, 0.1) is 0 Å². The molecule has 0 aromatic carbocycles. The largest absolute Gasteiger partial charge is 0.142 e. The van der Waals surface area contributed by atoms with Gasteiger partial charge in [-0.15, -0.1) is 34.0 Å². The molecule has 20 heavy (non-hydrogen) atoms. The first-order valence-electron chi connectivity index (χ1n) is 5.95. The zero-order chi connectivity index (χ0) is 14.7. The molecular weight excluding hydrogens is 504 g/mol. The van der Waals surface area contributed by atoms with Gasteiger partial charge in [-0.1, -0.05) is 20.8 Å². The lowest BCUT2D eigenvalue weighted by Crippen LogP contribution is -2.08. The Balaban J connectivity index is 2.26. The average molecular weight is 515 g/mol.